The largest absolute Gasteiger partial charge is 0.493 e. The van der Waals surface area contributed by atoms with E-state index < -0.39 is 15.9 Å². The summed E-state index contributed by atoms with van der Waals surface area (Å²) in [6, 6.07) is 7.22. The van der Waals surface area contributed by atoms with Gasteiger partial charge in [0.2, 0.25) is 5.91 Å². The van der Waals surface area contributed by atoms with Crippen molar-refractivity contribution in [1.29, 1.82) is 0 Å². The first-order chi connectivity index (χ1) is 14.5. The SMILES string of the molecule is C[C@@H](CS(=O)(=O)CC/C=C/CN1CCC(=O)NC1=O)c1cccc(OCC(C)(C)C)c1. The summed E-state index contributed by atoms with van der Waals surface area (Å²) in [7, 11) is -3.23. The molecule has 8 heteroatoms. The molecule has 0 aromatic heterocycles. The monoisotopic (exact) mass is 450 g/mol. The highest BCUT2D eigenvalue weighted by Crippen LogP contribution is 2.24. The number of allylic oxidation sites excluding steroid dienone is 1. The van der Waals surface area contributed by atoms with Crippen molar-refractivity contribution in [3.63, 3.8) is 0 Å². The summed E-state index contributed by atoms with van der Waals surface area (Å²) in [6.45, 7) is 9.53. The Morgan fingerprint density at radius 1 is 1.23 bits per heavy atom. The van der Waals surface area contributed by atoms with E-state index in [-0.39, 0.29) is 35.2 Å². The van der Waals surface area contributed by atoms with Gasteiger partial charge in [-0.25, -0.2) is 13.2 Å². The third-order valence-corrected chi connectivity index (χ3v) is 6.70. The molecule has 2 rings (SSSR count). The van der Waals surface area contributed by atoms with E-state index in [2.05, 4.69) is 26.1 Å². The van der Waals surface area contributed by atoms with E-state index in [1.807, 2.05) is 31.2 Å². The Hall–Kier alpha value is -2.35. The van der Waals surface area contributed by atoms with Crippen LogP contribution in [-0.4, -0.2) is 56.5 Å². The number of rotatable bonds is 10. The lowest BCUT2D eigenvalue weighted by molar-refractivity contribution is -0.121. The van der Waals surface area contributed by atoms with Crippen molar-refractivity contribution in [3.8, 4) is 5.75 Å². The number of imide groups is 1. The summed E-state index contributed by atoms with van der Waals surface area (Å²) in [5.41, 5.74) is 0.990. The summed E-state index contributed by atoms with van der Waals surface area (Å²) in [6.07, 6.45) is 4.21. The van der Waals surface area contributed by atoms with Crippen LogP contribution in [-0.2, 0) is 14.6 Å². The summed E-state index contributed by atoms with van der Waals surface area (Å²) in [4.78, 5) is 24.3. The third-order valence-electron chi connectivity index (χ3n) is 4.83. The Labute approximate surface area is 185 Å². The van der Waals surface area contributed by atoms with Crippen molar-refractivity contribution >= 4 is 21.8 Å². The number of urea groups is 1. The van der Waals surface area contributed by atoms with Crippen molar-refractivity contribution in [2.24, 2.45) is 5.41 Å². The molecule has 1 heterocycles. The predicted octanol–water partition coefficient (Wildman–Crippen LogP) is 3.52. The fourth-order valence-corrected chi connectivity index (χ4v) is 4.73. The molecule has 31 heavy (non-hydrogen) atoms. The van der Waals surface area contributed by atoms with Crippen LogP contribution >= 0.6 is 0 Å². The van der Waals surface area contributed by atoms with Crippen LogP contribution in [0.4, 0.5) is 4.79 Å². The molecule has 1 saturated heterocycles. The highest BCUT2D eigenvalue weighted by molar-refractivity contribution is 7.91. The molecule has 0 radical (unpaired) electrons. The average molecular weight is 451 g/mol. The van der Waals surface area contributed by atoms with Crippen LogP contribution in [0.3, 0.4) is 0 Å². The zero-order valence-electron chi connectivity index (χ0n) is 18.9. The van der Waals surface area contributed by atoms with Crippen molar-refractivity contribution in [3.05, 3.63) is 42.0 Å². The zero-order valence-corrected chi connectivity index (χ0v) is 19.7. The van der Waals surface area contributed by atoms with Crippen LogP contribution < -0.4 is 10.1 Å². The summed E-state index contributed by atoms with van der Waals surface area (Å²) in [5, 5.41) is 2.26. The van der Waals surface area contributed by atoms with Gasteiger partial charge < -0.3 is 9.64 Å². The Balaban J connectivity index is 1.81. The van der Waals surface area contributed by atoms with E-state index in [1.54, 1.807) is 12.2 Å². The van der Waals surface area contributed by atoms with Gasteiger partial charge in [0.1, 0.15) is 5.75 Å². The molecule has 7 nitrogen and oxygen atoms in total. The minimum absolute atomic E-state index is 0.0493. The van der Waals surface area contributed by atoms with Gasteiger partial charge in [0.15, 0.2) is 9.84 Å². The lowest BCUT2D eigenvalue weighted by Crippen LogP contribution is -2.49. The van der Waals surface area contributed by atoms with E-state index in [9.17, 15) is 18.0 Å². The Morgan fingerprint density at radius 2 is 1.97 bits per heavy atom. The van der Waals surface area contributed by atoms with Gasteiger partial charge >= 0.3 is 6.03 Å². The minimum Gasteiger partial charge on any atom is -0.493 e. The van der Waals surface area contributed by atoms with Crippen molar-refractivity contribution < 1.29 is 22.7 Å². The number of nitrogens with zero attached hydrogens (tertiary/aromatic N) is 1. The summed E-state index contributed by atoms with van der Waals surface area (Å²) < 4.78 is 30.9. The second-order valence-corrected chi connectivity index (χ2v) is 11.5. The Bertz CT molecular complexity index is 903. The van der Waals surface area contributed by atoms with Gasteiger partial charge in [-0.05, 0) is 35.4 Å². The van der Waals surface area contributed by atoms with E-state index in [1.165, 1.54) is 4.90 Å². The summed E-state index contributed by atoms with van der Waals surface area (Å²) in [5.74, 6) is 0.473. The molecule has 1 N–H and O–H groups in total. The molecule has 1 aromatic rings. The number of ether oxygens (including phenoxy) is 1. The van der Waals surface area contributed by atoms with Crippen molar-refractivity contribution in [2.45, 2.75) is 46.5 Å². The van der Waals surface area contributed by atoms with E-state index >= 15 is 0 Å². The van der Waals surface area contributed by atoms with Gasteiger partial charge in [0.05, 0.1) is 18.1 Å². The molecule has 0 saturated carbocycles. The number of hydrogen-bond acceptors (Lipinski definition) is 5. The lowest BCUT2D eigenvalue weighted by atomic mass is 9.98. The lowest BCUT2D eigenvalue weighted by Gasteiger charge is -2.25. The number of carbonyl (C=O) groups excluding carboxylic acids is 2. The molecule has 0 unspecified atom stereocenters. The fraction of sp³-hybridized carbons (Fsp3) is 0.565. The van der Waals surface area contributed by atoms with E-state index in [4.69, 9.17) is 4.74 Å². The van der Waals surface area contributed by atoms with Crippen LogP contribution in [0.2, 0.25) is 0 Å². The second kappa shape index (κ2) is 10.8. The Morgan fingerprint density at radius 3 is 2.65 bits per heavy atom. The van der Waals surface area contributed by atoms with Gasteiger partial charge in [0, 0.05) is 19.5 Å². The Kier molecular flexibility index (Phi) is 8.68. The average Bonchev–Trinajstić information content (AvgIpc) is 2.67. The van der Waals surface area contributed by atoms with Crippen LogP contribution in [0.15, 0.2) is 36.4 Å². The maximum Gasteiger partial charge on any atom is 0.324 e. The smallest absolute Gasteiger partial charge is 0.324 e. The third kappa shape index (κ3) is 9.12. The first-order valence-electron chi connectivity index (χ1n) is 10.6. The van der Waals surface area contributed by atoms with Crippen LogP contribution in [0.5, 0.6) is 5.75 Å². The predicted molar refractivity (Wildman–Crippen MR) is 122 cm³/mol. The number of amides is 3. The van der Waals surface area contributed by atoms with Gasteiger partial charge in [-0.2, -0.15) is 0 Å². The molecule has 1 aliphatic heterocycles. The van der Waals surface area contributed by atoms with Gasteiger partial charge in [-0.1, -0.05) is 52.0 Å². The number of carbonyl (C=O) groups is 2. The highest BCUT2D eigenvalue weighted by Gasteiger charge is 2.21. The molecule has 1 atom stereocenters. The van der Waals surface area contributed by atoms with Gasteiger partial charge in [-0.3, -0.25) is 10.1 Å². The molecule has 3 amide bonds. The van der Waals surface area contributed by atoms with Gasteiger partial charge in [-0.15, -0.1) is 0 Å². The van der Waals surface area contributed by atoms with Gasteiger partial charge in [0.25, 0.3) is 0 Å². The normalized spacial score (nSPS) is 16.5. The maximum atomic E-state index is 12.5. The molecular formula is C23H34N2O5S. The first-order valence-corrected chi connectivity index (χ1v) is 12.4. The molecule has 0 bridgehead atoms. The first kappa shape index (κ1) is 24.9. The van der Waals surface area contributed by atoms with Crippen molar-refractivity contribution in [1.82, 2.24) is 10.2 Å². The molecule has 0 aliphatic carbocycles. The van der Waals surface area contributed by atoms with Crippen LogP contribution in [0, 0.1) is 5.41 Å². The molecule has 0 spiro atoms. The molecule has 1 fully saturated rings. The second-order valence-electron chi connectivity index (χ2n) is 9.25. The molecule has 172 valence electrons. The molecule has 1 aliphatic rings. The van der Waals surface area contributed by atoms with Crippen LogP contribution in [0.1, 0.15) is 52.0 Å². The van der Waals surface area contributed by atoms with Crippen LogP contribution in [0.25, 0.3) is 0 Å². The fourth-order valence-electron chi connectivity index (χ4n) is 3.11. The van der Waals surface area contributed by atoms with Crippen molar-refractivity contribution in [2.75, 3.05) is 31.2 Å². The van der Waals surface area contributed by atoms with E-state index in [0.717, 1.165) is 11.3 Å². The highest BCUT2D eigenvalue weighted by atomic mass is 32.2. The molecular weight excluding hydrogens is 416 g/mol. The number of sulfone groups is 1. The topological polar surface area (TPSA) is 92.8 Å². The van der Waals surface area contributed by atoms with E-state index in [0.29, 0.717) is 26.1 Å². The quantitative estimate of drug-likeness (QED) is 0.551. The number of benzene rings is 1. The standard InChI is InChI=1S/C23H34N2O5S/c1-18(19-9-8-10-20(15-19)30-17-23(2,3)4)16-31(28,29)14-7-5-6-12-25-13-11-21(26)24-22(25)27/h5-6,8-10,15,18H,7,11-14,16-17H2,1-4H3,(H,24,26,27)/b6-5+/t18-/m0/s1. The number of nitrogens with one attached hydrogen (secondary N) is 1. The number of hydrogen-bond donors (Lipinski definition) is 1. The molecule has 1 aromatic carbocycles. The maximum absolute atomic E-state index is 12.5. The summed E-state index contributed by atoms with van der Waals surface area (Å²) >= 11 is 0. The zero-order chi connectivity index (χ0) is 23.1. The minimum atomic E-state index is -3.23.